The lowest BCUT2D eigenvalue weighted by Gasteiger charge is -2.44. The van der Waals surface area contributed by atoms with Crippen molar-refractivity contribution in [3.63, 3.8) is 0 Å². The monoisotopic (exact) mass is 187 g/mol. The molecule has 1 aliphatic rings. The molecule has 0 saturated carbocycles. The summed E-state index contributed by atoms with van der Waals surface area (Å²) in [7, 11) is 0. The summed E-state index contributed by atoms with van der Waals surface area (Å²) in [6, 6.07) is 0. The van der Waals surface area contributed by atoms with E-state index in [1.165, 1.54) is 0 Å². The Morgan fingerprint density at radius 1 is 1.46 bits per heavy atom. The second-order valence-electron chi connectivity index (χ2n) is 5.10. The van der Waals surface area contributed by atoms with Crippen molar-refractivity contribution in [3.05, 3.63) is 0 Å². The van der Waals surface area contributed by atoms with Crippen molar-refractivity contribution in [2.24, 2.45) is 0 Å². The summed E-state index contributed by atoms with van der Waals surface area (Å²) in [6.45, 7) is 11.1. The maximum atomic E-state index is 9.72. The summed E-state index contributed by atoms with van der Waals surface area (Å²) in [5.41, 5.74) is -0.563. The molecule has 0 aliphatic carbocycles. The van der Waals surface area contributed by atoms with Gasteiger partial charge in [0.2, 0.25) is 0 Å². The van der Waals surface area contributed by atoms with Gasteiger partial charge in [-0.25, -0.2) is 0 Å². The number of ether oxygens (including phenoxy) is 1. The summed E-state index contributed by atoms with van der Waals surface area (Å²) in [6.07, 6.45) is 0. The molecule has 0 bridgehead atoms. The van der Waals surface area contributed by atoms with Crippen LogP contribution in [0, 0.1) is 0 Å². The molecule has 1 N–H and O–H groups in total. The van der Waals surface area contributed by atoms with Gasteiger partial charge in [0.25, 0.3) is 0 Å². The van der Waals surface area contributed by atoms with Gasteiger partial charge in [-0.15, -0.1) is 0 Å². The number of nitrogens with zero attached hydrogens (tertiary/aromatic N) is 1. The van der Waals surface area contributed by atoms with Gasteiger partial charge in [-0.3, -0.25) is 4.90 Å². The van der Waals surface area contributed by atoms with E-state index >= 15 is 0 Å². The average molecular weight is 187 g/mol. The molecule has 1 heterocycles. The summed E-state index contributed by atoms with van der Waals surface area (Å²) in [5, 5.41) is 9.72. The molecule has 0 aromatic heterocycles. The Kier molecular flexibility index (Phi) is 3.00. The average Bonchev–Trinajstić information content (AvgIpc) is 1.91. The first-order chi connectivity index (χ1) is 5.81. The van der Waals surface area contributed by atoms with Crippen LogP contribution in [0.25, 0.3) is 0 Å². The third-order valence-corrected chi connectivity index (χ3v) is 2.39. The van der Waals surface area contributed by atoms with Gasteiger partial charge in [0.05, 0.1) is 18.8 Å². The first-order valence-corrected chi connectivity index (χ1v) is 4.86. The number of hydrogen-bond acceptors (Lipinski definition) is 3. The second-order valence-corrected chi connectivity index (χ2v) is 5.10. The third-order valence-electron chi connectivity index (χ3n) is 2.39. The highest BCUT2D eigenvalue weighted by Crippen LogP contribution is 2.21. The second kappa shape index (κ2) is 3.56. The van der Waals surface area contributed by atoms with E-state index in [-0.39, 0.29) is 5.54 Å². The molecule has 3 heteroatoms. The number of aliphatic hydroxyl groups is 1. The van der Waals surface area contributed by atoms with Crippen molar-refractivity contribution >= 4 is 0 Å². The minimum absolute atomic E-state index is 0.0538. The zero-order valence-corrected chi connectivity index (χ0v) is 9.13. The molecule has 1 rings (SSSR count). The lowest BCUT2D eigenvalue weighted by atomic mass is 9.99. The van der Waals surface area contributed by atoms with Gasteiger partial charge in [-0.05, 0) is 27.7 Å². The molecule has 0 amide bonds. The van der Waals surface area contributed by atoms with Crippen LogP contribution in [0.2, 0.25) is 0 Å². The van der Waals surface area contributed by atoms with Crippen LogP contribution in [0.15, 0.2) is 0 Å². The van der Waals surface area contributed by atoms with Gasteiger partial charge >= 0.3 is 0 Å². The molecular weight excluding hydrogens is 166 g/mol. The topological polar surface area (TPSA) is 32.7 Å². The highest BCUT2D eigenvalue weighted by molar-refractivity contribution is 4.87. The van der Waals surface area contributed by atoms with Gasteiger partial charge in [0.15, 0.2) is 0 Å². The molecule has 0 spiro atoms. The quantitative estimate of drug-likeness (QED) is 0.696. The summed E-state index contributed by atoms with van der Waals surface area (Å²) >= 11 is 0. The summed E-state index contributed by atoms with van der Waals surface area (Å²) in [4.78, 5) is 2.29. The molecule has 0 atom stereocenters. The molecule has 1 fully saturated rings. The molecule has 3 nitrogen and oxygen atoms in total. The Morgan fingerprint density at radius 3 is 2.54 bits per heavy atom. The molecule has 78 valence electrons. The van der Waals surface area contributed by atoms with Crippen molar-refractivity contribution < 1.29 is 9.84 Å². The van der Waals surface area contributed by atoms with Crippen LogP contribution in [0.5, 0.6) is 0 Å². The fraction of sp³-hybridized carbons (Fsp3) is 1.00. The Bertz CT molecular complexity index is 172. The van der Waals surface area contributed by atoms with Crippen molar-refractivity contribution in [1.82, 2.24) is 4.90 Å². The van der Waals surface area contributed by atoms with Gasteiger partial charge < -0.3 is 9.84 Å². The van der Waals surface area contributed by atoms with Crippen LogP contribution in [0.1, 0.15) is 27.7 Å². The Balaban J connectivity index is 2.56. The number of rotatable bonds is 2. The highest BCUT2D eigenvalue weighted by atomic mass is 16.5. The van der Waals surface area contributed by atoms with Gasteiger partial charge in [0, 0.05) is 18.6 Å². The molecule has 0 unspecified atom stereocenters. The maximum Gasteiger partial charge on any atom is 0.0718 e. The fourth-order valence-corrected chi connectivity index (χ4v) is 1.65. The van der Waals surface area contributed by atoms with Crippen LogP contribution >= 0.6 is 0 Å². The third kappa shape index (κ3) is 3.25. The van der Waals surface area contributed by atoms with E-state index in [4.69, 9.17) is 4.74 Å². The predicted molar refractivity (Wildman–Crippen MR) is 52.8 cm³/mol. The molecule has 0 aromatic carbocycles. The SMILES string of the molecule is CC(C)(O)CN1CCOCC1(C)C. The van der Waals surface area contributed by atoms with Crippen LogP contribution < -0.4 is 0 Å². The summed E-state index contributed by atoms with van der Waals surface area (Å²) < 4.78 is 5.41. The molecule has 0 aromatic rings. The van der Waals surface area contributed by atoms with Crippen LogP contribution in [0.3, 0.4) is 0 Å². The maximum absolute atomic E-state index is 9.72. The Labute approximate surface area is 80.7 Å². The van der Waals surface area contributed by atoms with Crippen molar-refractivity contribution in [1.29, 1.82) is 0 Å². The smallest absolute Gasteiger partial charge is 0.0718 e. The normalized spacial score (nSPS) is 24.7. The zero-order chi connectivity index (χ0) is 10.1. The first kappa shape index (κ1) is 11.0. The molecule has 1 aliphatic heterocycles. The van der Waals surface area contributed by atoms with Crippen LogP contribution in [-0.2, 0) is 4.74 Å². The lowest BCUT2D eigenvalue weighted by molar-refractivity contribution is -0.0820. The number of β-amino-alcohol motifs (C(OH)–C–C–N with tert-alkyl or cyclic N) is 1. The van der Waals surface area contributed by atoms with Gasteiger partial charge in [-0.2, -0.15) is 0 Å². The van der Waals surface area contributed by atoms with E-state index in [0.717, 1.165) is 19.8 Å². The minimum Gasteiger partial charge on any atom is -0.389 e. The molecule has 0 radical (unpaired) electrons. The zero-order valence-electron chi connectivity index (χ0n) is 9.13. The minimum atomic E-state index is -0.616. The largest absolute Gasteiger partial charge is 0.389 e. The Hall–Kier alpha value is -0.120. The van der Waals surface area contributed by atoms with Gasteiger partial charge in [-0.1, -0.05) is 0 Å². The lowest BCUT2D eigenvalue weighted by Crippen LogP contribution is -2.56. The first-order valence-electron chi connectivity index (χ1n) is 4.86. The Morgan fingerprint density at radius 2 is 2.08 bits per heavy atom. The molecule has 1 saturated heterocycles. The van der Waals surface area contributed by atoms with E-state index < -0.39 is 5.60 Å². The van der Waals surface area contributed by atoms with E-state index in [9.17, 15) is 5.11 Å². The van der Waals surface area contributed by atoms with E-state index in [1.54, 1.807) is 0 Å². The summed E-state index contributed by atoms with van der Waals surface area (Å²) in [5.74, 6) is 0. The molecular formula is C10H21NO2. The van der Waals surface area contributed by atoms with Crippen molar-refractivity contribution in [3.8, 4) is 0 Å². The van der Waals surface area contributed by atoms with Crippen molar-refractivity contribution in [2.45, 2.75) is 38.8 Å². The van der Waals surface area contributed by atoms with E-state index in [1.807, 2.05) is 13.8 Å². The van der Waals surface area contributed by atoms with Crippen molar-refractivity contribution in [2.75, 3.05) is 26.3 Å². The number of morpholine rings is 1. The van der Waals surface area contributed by atoms with Crippen LogP contribution in [-0.4, -0.2) is 47.4 Å². The van der Waals surface area contributed by atoms with Crippen LogP contribution in [0.4, 0.5) is 0 Å². The van der Waals surface area contributed by atoms with Gasteiger partial charge in [0.1, 0.15) is 0 Å². The number of hydrogen-bond donors (Lipinski definition) is 1. The standard InChI is InChI=1S/C10H21NO2/c1-9(2)8-13-6-5-11(9)7-10(3,4)12/h12H,5-8H2,1-4H3. The fourth-order valence-electron chi connectivity index (χ4n) is 1.65. The predicted octanol–water partition coefficient (Wildman–Crippen LogP) is 0.868. The highest BCUT2D eigenvalue weighted by Gasteiger charge is 2.33. The molecule has 13 heavy (non-hydrogen) atoms. The van der Waals surface area contributed by atoms with E-state index in [2.05, 4.69) is 18.7 Å². The van der Waals surface area contributed by atoms with E-state index in [0.29, 0.717) is 6.54 Å².